The van der Waals surface area contributed by atoms with Crippen LogP contribution in [0.5, 0.6) is 0 Å². The topological polar surface area (TPSA) is 18.5 Å². The molecule has 0 saturated heterocycles. The molecule has 0 fully saturated rings. The predicted molar refractivity (Wildman–Crippen MR) is 70.7 cm³/mol. The second kappa shape index (κ2) is 14.7. The van der Waals surface area contributed by atoms with E-state index in [0.29, 0.717) is 0 Å². The van der Waals surface area contributed by atoms with Gasteiger partial charge in [0.1, 0.15) is 0 Å². The maximum absolute atomic E-state index is 5.69. The average molecular weight is 279 g/mol. The van der Waals surface area contributed by atoms with E-state index in [-0.39, 0.29) is 0 Å². The summed E-state index contributed by atoms with van der Waals surface area (Å²) in [4.78, 5) is 0. The molecule has 0 aliphatic heterocycles. The Morgan fingerprint density at radius 2 is 1.12 bits per heavy atom. The number of hydrogen-bond acceptors (Lipinski definition) is 2. The quantitative estimate of drug-likeness (QED) is 0.346. The van der Waals surface area contributed by atoms with Crippen LogP contribution in [0, 0.1) is 0 Å². The first-order valence-electron chi connectivity index (χ1n) is 7.46. The van der Waals surface area contributed by atoms with Crippen molar-refractivity contribution in [3.8, 4) is 0 Å². The molecule has 0 rings (SSSR count). The molecule has 2 nitrogen and oxygen atoms in total. The zero-order valence-corrected chi connectivity index (χ0v) is 13.7. The molecular formula is C14H31O2Ti. The van der Waals surface area contributed by atoms with Gasteiger partial charge < -0.3 is 0 Å². The Bertz CT molecular complexity index is 136. The van der Waals surface area contributed by atoms with Gasteiger partial charge in [0, 0.05) is 0 Å². The minimum absolute atomic E-state index is 0.826. The van der Waals surface area contributed by atoms with E-state index >= 15 is 0 Å². The van der Waals surface area contributed by atoms with Crippen LogP contribution in [0.4, 0.5) is 0 Å². The van der Waals surface area contributed by atoms with Crippen LogP contribution in [-0.4, -0.2) is 13.2 Å². The Hall–Kier alpha value is 0.634. The zero-order chi connectivity index (χ0) is 12.8. The Kier molecular flexibility index (Phi) is 15.2. The molecule has 0 amide bonds. The van der Waals surface area contributed by atoms with Crippen molar-refractivity contribution in [3.05, 3.63) is 0 Å². The fourth-order valence-electron chi connectivity index (χ4n) is 1.91. The van der Waals surface area contributed by atoms with Crippen molar-refractivity contribution in [2.45, 2.75) is 76.9 Å². The van der Waals surface area contributed by atoms with Gasteiger partial charge in [-0.15, -0.1) is 0 Å². The summed E-state index contributed by atoms with van der Waals surface area (Å²) in [5, 5.41) is 0. The first-order valence-corrected chi connectivity index (χ1v) is 9.84. The molecule has 0 aromatic heterocycles. The molecule has 0 N–H and O–H groups in total. The molecule has 3 heteroatoms. The zero-order valence-electron chi connectivity index (χ0n) is 12.1. The van der Waals surface area contributed by atoms with Crippen molar-refractivity contribution in [2.75, 3.05) is 13.2 Å². The van der Waals surface area contributed by atoms with Gasteiger partial charge >= 0.3 is 115 Å². The van der Waals surface area contributed by atoms with Crippen LogP contribution >= 0.6 is 0 Å². The third-order valence-electron chi connectivity index (χ3n) is 2.85. The molecule has 0 radical (unpaired) electrons. The predicted octanol–water partition coefficient (Wildman–Crippen LogP) is 5.07. The molecule has 0 aromatic rings. The van der Waals surface area contributed by atoms with Crippen molar-refractivity contribution in [3.63, 3.8) is 0 Å². The van der Waals surface area contributed by atoms with Crippen LogP contribution in [0.2, 0.25) is 4.73 Å². The van der Waals surface area contributed by atoms with Crippen LogP contribution in [0.3, 0.4) is 0 Å². The Balaban J connectivity index is 3.23. The van der Waals surface area contributed by atoms with Gasteiger partial charge in [0.15, 0.2) is 0 Å². The van der Waals surface area contributed by atoms with Gasteiger partial charge in [0.25, 0.3) is 0 Å². The van der Waals surface area contributed by atoms with E-state index in [9.17, 15) is 0 Å². The summed E-state index contributed by atoms with van der Waals surface area (Å²) in [6.45, 7) is 8.06. The second-order valence-corrected chi connectivity index (χ2v) is 7.31. The molecule has 0 aliphatic rings. The van der Waals surface area contributed by atoms with E-state index in [0.717, 1.165) is 13.2 Å². The summed E-state index contributed by atoms with van der Waals surface area (Å²) in [6, 6.07) is 0. The molecule has 0 atom stereocenters. The van der Waals surface area contributed by atoms with E-state index in [1.54, 1.807) is 0 Å². The summed E-state index contributed by atoms with van der Waals surface area (Å²) < 4.78 is 12.6. The molecule has 0 aromatic carbocycles. The van der Waals surface area contributed by atoms with E-state index in [2.05, 4.69) is 20.8 Å². The average Bonchev–Trinajstić information content (AvgIpc) is 2.33. The molecule has 0 spiro atoms. The van der Waals surface area contributed by atoms with Crippen LogP contribution in [0.15, 0.2) is 0 Å². The Labute approximate surface area is 115 Å². The monoisotopic (exact) mass is 279 g/mol. The van der Waals surface area contributed by atoms with Crippen LogP contribution < -0.4 is 0 Å². The van der Waals surface area contributed by atoms with E-state index in [4.69, 9.17) is 6.64 Å². The molecule has 0 heterocycles. The molecule has 17 heavy (non-hydrogen) atoms. The molecule has 0 saturated carbocycles. The molecule has 0 unspecified atom stereocenters. The van der Waals surface area contributed by atoms with Crippen molar-refractivity contribution >= 4 is 0 Å². The molecule has 0 aliphatic carbocycles. The fraction of sp³-hybridized carbons (Fsp3) is 1.00. The van der Waals surface area contributed by atoms with Gasteiger partial charge in [0.2, 0.25) is 0 Å². The van der Waals surface area contributed by atoms with Gasteiger partial charge in [-0.05, 0) is 0 Å². The van der Waals surface area contributed by atoms with Gasteiger partial charge in [0.05, 0.1) is 0 Å². The van der Waals surface area contributed by atoms with Crippen molar-refractivity contribution in [1.82, 2.24) is 0 Å². The standard InChI is InChI=1S/C10H21.2C2H5O.Ti/c1-3-5-7-9-10-8-6-4-2;2*1-2-3;/h1,3-10H2,2H3;2*2H2,1H3;/q;2*-1;+2. The number of hydrogen-bond donors (Lipinski definition) is 0. The maximum atomic E-state index is 5.69. The third-order valence-corrected chi connectivity index (χ3v) is 5.94. The minimum atomic E-state index is -1.57. The SMILES string of the molecule is CCCCCCCCC[CH2][Ti]([O]CC)[O]CC. The number of unbranched alkanes of at least 4 members (excludes halogenated alkanes) is 7. The van der Waals surface area contributed by atoms with Crippen molar-refractivity contribution in [1.29, 1.82) is 0 Å². The van der Waals surface area contributed by atoms with Gasteiger partial charge in [-0.1, -0.05) is 0 Å². The molecule has 0 bridgehead atoms. The normalized spacial score (nSPS) is 10.8. The second-order valence-electron chi connectivity index (χ2n) is 4.46. The van der Waals surface area contributed by atoms with E-state index in [1.807, 2.05) is 0 Å². The van der Waals surface area contributed by atoms with Gasteiger partial charge in [-0.2, -0.15) is 0 Å². The first-order chi connectivity index (χ1) is 8.35. The van der Waals surface area contributed by atoms with Gasteiger partial charge in [-0.3, -0.25) is 0 Å². The van der Waals surface area contributed by atoms with Crippen LogP contribution in [0.25, 0.3) is 0 Å². The summed E-state index contributed by atoms with van der Waals surface area (Å²) in [5.41, 5.74) is 0. The van der Waals surface area contributed by atoms with Crippen LogP contribution in [-0.2, 0) is 25.3 Å². The van der Waals surface area contributed by atoms with Crippen molar-refractivity contribution < 1.29 is 25.3 Å². The van der Waals surface area contributed by atoms with E-state index < -0.39 is 18.6 Å². The van der Waals surface area contributed by atoms with E-state index in [1.165, 1.54) is 56.1 Å². The van der Waals surface area contributed by atoms with Gasteiger partial charge in [-0.25, -0.2) is 0 Å². The third kappa shape index (κ3) is 12.9. The Morgan fingerprint density at radius 1 is 0.647 bits per heavy atom. The summed E-state index contributed by atoms with van der Waals surface area (Å²) in [5.74, 6) is 0. The number of rotatable bonds is 13. The van der Waals surface area contributed by atoms with Crippen molar-refractivity contribution in [2.24, 2.45) is 0 Å². The summed E-state index contributed by atoms with van der Waals surface area (Å²) in [6.07, 6.45) is 11.1. The summed E-state index contributed by atoms with van der Waals surface area (Å²) >= 11 is -1.57. The Morgan fingerprint density at radius 3 is 1.59 bits per heavy atom. The molecular weight excluding hydrogens is 248 g/mol. The van der Waals surface area contributed by atoms with Crippen LogP contribution in [0.1, 0.15) is 72.1 Å². The summed E-state index contributed by atoms with van der Waals surface area (Å²) in [7, 11) is 0. The molecule has 103 valence electrons. The fourth-order valence-corrected chi connectivity index (χ4v) is 4.34. The first kappa shape index (κ1) is 17.6.